The highest BCUT2D eigenvalue weighted by Gasteiger charge is 2.05. The fraction of sp³-hybridized carbons (Fsp3) is 0.545. The maximum Gasteiger partial charge on any atom is 0.284 e. The first-order chi connectivity index (χ1) is 7.74. The van der Waals surface area contributed by atoms with E-state index in [0.717, 1.165) is 18.7 Å². The molecule has 0 aliphatic heterocycles. The van der Waals surface area contributed by atoms with Crippen molar-refractivity contribution in [1.29, 1.82) is 0 Å². The van der Waals surface area contributed by atoms with E-state index in [-0.39, 0.29) is 5.76 Å². The van der Waals surface area contributed by atoms with Crippen molar-refractivity contribution < 1.29 is 9.21 Å². The topological polar surface area (TPSA) is 68.3 Å². The Kier molecular flexibility index (Phi) is 6.03. The Hall–Kier alpha value is -0.940. The maximum absolute atomic E-state index is 10.8. The van der Waals surface area contributed by atoms with Gasteiger partial charge in [-0.3, -0.25) is 4.79 Å². The fourth-order valence-corrected chi connectivity index (χ4v) is 1.90. The Morgan fingerprint density at radius 2 is 2.38 bits per heavy atom. The second-order valence-electron chi connectivity index (χ2n) is 3.36. The quantitative estimate of drug-likeness (QED) is 0.680. The SMILES string of the molecule is CCSCCCNCc1ccc(C(N)=O)o1. The van der Waals surface area contributed by atoms with Crippen LogP contribution >= 0.6 is 11.8 Å². The number of amides is 1. The first kappa shape index (κ1) is 13.1. The van der Waals surface area contributed by atoms with Gasteiger partial charge in [0.15, 0.2) is 5.76 Å². The smallest absolute Gasteiger partial charge is 0.284 e. The molecule has 1 rings (SSSR count). The minimum atomic E-state index is -0.523. The van der Waals surface area contributed by atoms with E-state index in [2.05, 4.69) is 12.2 Å². The summed E-state index contributed by atoms with van der Waals surface area (Å²) in [5.74, 6) is 2.79. The zero-order valence-electron chi connectivity index (χ0n) is 9.49. The van der Waals surface area contributed by atoms with Crippen LogP contribution in [-0.4, -0.2) is 24.0 Å². The molecule has 3 N–H and O–H groups in total. The van der Waals surface area contributed by atoms with Gasteiger partial charge in [-0.1, -0.05) is 6.92 Å². The van der Waals surface area contributed by atoms with Crippen LogP contribution < -0.4 is 11.1 Å². The van der Waals surface area contributed by atoms with E-state index >= 15 is 0 Å². The minimum absolute atomic E-state index is 0.221. The van der Waals surface area contributed by atoms with Crippen LogP contribution in [0.25, 0.3) is 0 Å². The van der Waals surface area contributed by atoms with Crippen molar-refractivity contribution >= 4 is 17.7 Å². The van der Waals surface area contributed by atoms with Gasteiger partial charge in [-0.05, 0) is 36.6 Å². The van der Waals surface area contributed by atoms with Crippen molar-refractivity contribution in [2.45, 2.75) is 19.9 Å². The molecule has 5 heteroatoms. The van der Waals surface area contributed by atoms with E-state index in [4.69, 9.17) is 10.2 Å². The average molecular weight is 242 g/mol. The molecule has 0 unspecified atom stereocenters. The number of thioether (sulfide) groups is 1. The second-order valence-corrected chi connectivity index (χ2v) is 4.75. The predicted octanol–water partition coefficient (Wildman–Crippen LogP) is 1.61. The molecule has 0 aliphatic carbocycles. The summed E-state index contributed by atoms with van der Waals surface area (Å²) in [7, 11) is 0. The summed E-state index contributed by atoms with van der Waals surface area (Å²) in [4.78, 5) is 10.8. The van der Waals surface area contributed by atoms with Crippen molar-refractivity contribution in [3.05, 3.63) is 23.7 Å². The minimum Gasteiger partial charge on any atom is -0.455 e. The summed E-state index contributed by atoms with van der Waals surface area (Å²) < 4.78 is 5.23. The molecule has 0 bridgehead atoms. The van der Waals surface area contributed by atoms with Gasteiger partial charge >= 0.3 is 0 Å². The Bertz CT molecular complexity index is 326. The van der Waals surface area contributed by atoms with E-state index in [1.807, 2.05) is 11.8 Å². The third kappa shape index (κ3) is 4.72. The zero-order chi connectivity index (χ0) is 11.8. The molecular formula is C11H18N2O2S. The highest BCUT2D eigenvalue weighted by Crippen LogP contribution is 2.06. The van der Waals surface area contributed by atoms with E-state index in [0.29, 0.717) is 6.54 Å². The molecule has 0 saturated heterocycles. The zero-order valence-corrected chi connectivity index (χ0v) is 10.3. The third-order valence-electron chi connectivity index (χ3n) is 2.05. The van der Waals surface area contributed by atoms with E-state index in [1.54, 1.807) is 12.1 Å². The van der Waals surface area contributed by atoms with Crippen molar-refractivity contribution in [3.63, 3.8) is 0 Å². The maximum atomic E-state index is 10.8. The highest BCUT2D eigenvalue weighted by atomic mass is 32.2. The molecule has 1 amide bonds. The molecule has 90 valence electrons. The first-order valence-corrected chi connectivity index (χ1v) is 6.56. The molecule has 0 spiro atoms. The summed E-state index contributed by atoms with van der Waals surface area (Å²) >= 11 is 1.94. The lowest BCUT2D eigenvalue weighted by Gasteiger charge is -2.01. The Morgan fingerprint density at radius 3 is 3.00 bits per heavy atom. The molecule has 0 saturated carbocycles. The number of carbonyl (C=O) groups is 1. The van der Waals surface area contributed by atoms with Gasteiger partial charge in [-0.25, -0.2) is 0 Å². The number of carbonyl (C=O) groups excluding carboxylic acids is 1. The standard InChI is InChI=1S/C11H18N2O2S/c1-2-16-7-3-6-13-8-9-4-5-10(15-9)11(12)14/h4-5,13H,2-3,6-8H2,1H3,(H2,12,14). The summed E-state index contributed by atoms with van der Waals surface area (Å²) in [6.07, 6.45) is 1.14. The van der Waals surface area contributed by atoms with Gasteiger partial charge in [0.25, 0.3) is 5.91 Å². The number of nitrogens with two attached hydrogens (primary N) is 1. The van der Waals surface area contributed by atoms with Gasteiger partial charge in [0.1, 0.15) is 5.76 Å². The molecule has 1 aromatic heterocycles. The molecule has 0 aliphatic rings. The lowest BCUT2D eigenvalue weighted by molar-refractivity contribution is 0.0972. The molecule has 0 aromatic carbocycles. The van der Waals surface area contributed by atoms with Crippen LogP contribution in [0.5, 0.6) is 0 Å². The molecule has 1 aromatic rings. The number of furan rings is 1. The first-order valence-electron chi connectivity index (χ1n) is 5.41. The van der Waals surface area contributed by atoms with Crippen LogP contribution in [0.1, 0.15) is 29.7 Å². The van der Waals surface area contributed by atoms with Gasteiger partial charge in [-0.2, -0.15) is 11.8 Å². The monoisotopic (exact) mass is 242 g/mol. The number of primary amides is 1. The number of rotatable bonds is 8. The number of nitrogens with one attached hydrogen (secondary N) is 1. The molecule has 0 radical (unpaired) electrons. The van der Waals surface area contributed by atoms with E-state index in [9.17, 15) is 4.79 Å². The lowest BCUT2D eigenvalue weighted by Crippen LogP contribution is -2.15. The molecule has 1 heterocycles. The van der Waals surface area contributed by atoms with Crippen LogP contribution in [-0.2, 0) is 6.54 Å². The van der Waals surface area contributed by atoms with E-state index in [1.165, 1.54) is 11.5 Å². The second kappa shape index (κ2) is 7.35. The number of hydrogen-bond acceptors (Lipinski definition) is 4. The van der Waals surface area contributed by atoms with Gasteiger partial charge in [0.05, 0.1) is 6.54 Å². The molecule has 0 fully saturated rings. The van der Waals surface area contributed by atoms with E-state index < -0.39 is 5.91 Å². The molecule has 16 heavy (non-hydrogen) atoms. The van der Waals surface area contributed by atoms with Crippen LogP contribution in [0, 0.1) is 0 Å². The lowest BCUT2D eigenvalue weighted by atomic mass is 10.4. The van der Waals surface area contributed by atoms with Crippen molar-refractivity contribution in [2.24, 2.45) is 5.73 Å². The van der Waals surface area contributed by atoms with Crippen LogP contribution in [0.3, 0.4) is 0 Å². The highest BCUT2D eigenvalue weighted by molar-refractivity contribution is 7.99. The molecule has 4 nitrogen and oxygen atoms in total. The Labute approximate surface area is 100.0 Å². The third-order valence-corrected chi connectivity index (χ3v) is 3.04. The normalized spacial score (nSPS) is 10.6. The van der Waals surface area contributed by atoms with Gasteiger partial charge in [-0.15, -0.1) is 0 Å². The Balaban J connectivity index is 2.14. The van der Waals surface area contributed by atoms with Crippen molar-refractivity contribution in [1.82, 2.24) is 5.32 Å². The van der Waals surface area contributed by atoms with Gasteiger partial charge in [0.2, 0.25) is 0 Å². The summed E-state index contributed by atoms with van der Waals surface area (Å²) in [5.41, 5.74) is 5.08. The predicted molar refractivity (Wildman–Crippen MR) is 66.5 cm³/mol. The fourth-order valence-electron chi connectivity index (χ4n) is 1.26. The van der Waals surface area contributed by atoms with Crippen molar-refractivity contribution in [2.75, 3.05) is 18.1 Å². The average Bonchev–Trinajstić information content (AvgIpc) is 2.72. The van der Waals surface area contributed by atoms with Gasteiger partial charge in [0, 0.05) is 0 Å². The Morgan fingerprint density at radius 1 is 1.56 bits per heavy atom. The van der Waals surface area contributed by atoms with Crippen molar-refractivity contribution in [3.8, 4) is 0 Å². The van der Waals surface area contributed by atoms with Crippen LogP contribution in [0.15, 0.2) is 16.5 Å². The summed E-state index contributed by atoms with van der Waals surface area (Å²) in [5, 5.41) is 3.25. The summed E-state index contributed by atoms with van der Waals surface area (Å²) in [6.45, 7) is 3.76. The van der Waals surface area contributed by atoms with Crippen LogP contribution in [0.4, 0.5) is 0 Å². The largest absolute Gasteiger partial charge is 0.455 e. The molecule has 0 atom stereocenters. The van der Waals surface area contributed by atoms with Crippen LogP contribution in [0.2, 0.25) is 0 Å². The number of hydrogen-bond donors (Lipinski definition) is 2. The summed E-state index contributed by atoms with van der Waals surface area (Å²) in [6, 6.07) is 3.38. The molecular weight excluding hydrogens is 224 g/mol. The van der Waals surface area contributed by atoms with Gasteiger partial charge < -0.3 is 15.5 Å².